The van der Waals surface area contributed by atoms with Gasteiger partial charge in [0.1, 0.15) is 0 Å². The minimum absolute atomic E-state index is 0.0484. The number of hydrogen-bond acceptors (Lipinski definition) is 4. The van der Waals surface area contributed by atoms with Crippen LogP contribution in [-0.2, 0) is 19.6 Å². The van der Waals surface area contributed by atoms with E-state index in [0.717, 1.165) is 0 Å². The Morgan fingerprint density at radius 1 is 1.53 bits per heavy atom. The fourth-order valence-electron chi connectivity index (χ4n) is 0.805. The summed E-state index contributed by atoms with van der Waals surface area (Å²) in [5, 5.41) is 8.54. The zero-order valence-electron chi connectivity index (χ0n) is 8.89. The van der Waals surface area contributed by atoms with E-state index in [4.69, 9.17) is 9.84 Å². The van der Waals surface area contributed by atoms with Gasteiger partial charge in [-0.1, -0.05) is 6.92 Å². The number of carboxylic acid groups (broad SMARTS) is 1. The van der Waals surface area contributed by atoms with Gasteiger partial charge in [-0.3, -0.25) is 4.79 Å². The summed E-state index contributed by atoms with van der Waals surface area (Å²) in [7, 11) is -1.88. The van der Waals surface area contributed by atoms with Crippen LogP contribution in [0.15, 0.2) is 0 Å². The van der Waals surface area contributed by atoms with E-state index >= 15 is 0 Å². The number of carboxylic acids is 1. The second-order valence-corrected chi connectivity index (χ2v) is 5.18. The zero-order chi connectivity index (χ0) is 11.9. The van der Waals surface area contributed by atoms with E-state index in [2.05, 4.69) is 4.72 Å². The molecule has 0 heterocycles. The second-order valence-electron chi connectivity index (χ2n) is 3.25. The summed E-state index contributed by atoms with van der Waals surface area (Å²) in [6, 6.07) is 0. The monoisotopic (exact) mass is 239 g/mol. The van der Waals surface area contributed by atoms with Gasteiger partial charge in [0.15, 0.2) is 0 Å². The van der Waals surface area contributed by atoms with E-state index in [-0.39, 0.29) is 12.3 Å². The lowest BCUT2D eigenvalue weighted by Gasteiger charge is -2.08. The van der Waals surface area contributed by atoms with Gasteiger partial charge in [0.2, 0.25) is 10.0 Å². The number of nitrogens with one attached hydrogen (secondary N) is 1. The van der Waals surface area contributed by atoms with Crippen molar-refractivity contribution in [1.82, 2.24) is 4.72 Å². The van der Waals surface area contributed by atoms with Gasteiger partial charge in [0, 0.05) is 20.3 Å². The lowest BCUT2D eigenvalue weighted by molar-refractivity contribution is -0.140. The van der Waals surface area contributed by atoms with Gasteiger partial charge >= 0.3 is 5.97 Å². The van der Waals surface area contributed by atoms with Crippen LogP contribution in [0.2, 0.25) is 0 Å². The molecule has 1 unspecified atom stereocenters. The summed E-state index contributed by atoms with van der Waals surface area (Å²) in [4.78, 5) is 10.4. The molecule has 2 N–H and O–H groups in total. The molecule has 7 heteroatoms. The first kappa shape index (κ1) is 14.3. The standard InChI is InChI=1S/C8H17NO5S/c1-7(8(10)11)6-9-15(12,13)5-3-4-14-2/h7,9H,3-6H2,1-2H3,(H,10,11). The van der Waals surface area contributed by atoms with Crippen LogP contribution in [-0.4, -0.2) is 45.5 Å². The highest BCUT2D eigenvalue weighted by Gasteiger charge is 2.15. The van der Waals surface area contributed by atoms with E-state index in [0.29, 0.717) is 13.0 Å². The van der Waals surface area contributed by atoms with Crippen LogP contribution >= 0.6 is 0 Å². The molecule has 0 aromatic rings. The molecule has 0 rings (SSSR count). The highest BCUT2D eigenvalue weighted by molar-refractivity contribution is 7.89. The zero-order valence-corrected chi connectivity index (χ0v) is 9.71. The van der Waals surface area contributed by atoms with Crippen LogP contribution < -0.4 is 4.72 Å². The molecular weight excluding hydrogens is 222 g/mol. The molecular formula is C8H17NO5S. The van der Waals surface area contributed by atoms with Gasteiger partial charge in [0.05, 0.1) is 11.7 Å². The third-order valence-electron chi connectivity index (χ3n) is 1.79. The molecule has 6 nitrogen and oxygen atoms in total. The van der Waals surface area contributed by atoms with Crippen LogP contribution in [0.1, 0.15) is 13.3 Å². The summed E-state index contributed by atoms with van der Waals surface area (Å²) >= 11 is 0. The maximum absolute atomic E-state index is 11.3. The second kappa shape index (κ2) is 6.76. The summed E-state index contributed by atoms with van der Waals surface area (Å²) in [6.45, 7) is 1.74. The van der Waals surface area contributed by atoms with Crippen LogP contribution in [0.4, 0.5) is 0 Å². The van der Waals surface area contributed by atoms with Crippen molar-refractivity contribution in [2.24, 2.45) is 5.92 Å². The van der Waals surface area contributed by atoms with E-state index in [1.54, 1.807) is 0 Å². The lowest BCUT2D eigenvalue weighted by Crippen LogP contribution is -2.33. The highest BCUT2D eigenvalue weighted by Crippen LogP contribution is 1.95. The highest BCUT2D eigenvalue weighted by atomic mass is 32.2. The number of hydrogen-bond donors (Lipinski definition) is 2. The minimum Gasteiger partial charge on any atom is -0.481 e. The fourth-order valence-corrected chi connectivity index (χ4v) is 1.95. The van der Waals surface area contributed by atoms with Crippen molar-refractivity contribution in [1.29, 1.82) is 0 Å². The number of methoxy groups -OCH3 is 1. The fraction of sp³-hybridized carbons (Fsp3) is 0.875. The molecule has 0 aliphatic heterocycles. The Bertz CT molecular complexity index is 287. The first-order chi connectivity index (χ1) is 6.89. The average Bonchev–Trinajstić information content (AvgIpc) is 2.14. The number of ether oxygens (including phenoxy) is 1. The van der Waals surface area contributed by atoms with Crippen molar-refractivity contribution < 1.29 is 23.1 Å². The topological polar surface area (TPSA) is 92.7 Å². The van der Waals surface area contributed by atoms with Gasteiger partial charge in [-0.05, 0) is 6.42 Å². The predicted octanol–water partition coefficient (Wildman–Crippen LogP) is -0.337. The van der Waals surface area contributed by atoms with Crippen molar-refractivity contribution in [3.63, 3.8) is 0 Å². The average molecular weight is 239 g/mol. The van der Waals surface area contributed by atoms with Crippen molar-refractivity contribution in [3.05, 3.63) is 0 Å². The summed E-state index contributed by atoms with van der Waals surface area (Å²) in [5.41, 5.74) is 0. The molecule has 0 aromatic heterocycles. The van der Waals surface area contributed by atoms with E-state index in [9.17, 15) is 13.2 Å². The predicted molar refractivity (Wildman–Crippen MR) is 55.1 cm³/mol. The van der Waals surface area contributed by atoms with Crippen LogP contribution in [0.25, 0.3) is 0 Å². The largest absolute Gasteiger partial charge is 0.481 e. The molecule has 90 valence electrons. The first-order valence-corrected chi connectivity index (χ1v) is 6.23. The lowest BCUT2D eigenvalue weighted by atomic mass is 10.2. The molecule has 0 aromatic carbocycles. The van der Waals surface area contributed by atoms with Gasteiger partial charge in [0.25, 0.3) is 0 Å². The summed E-state index contributed by atoms with van der Waals surface area (Å²) in [6.07, 6.45) is 0.396. The van der Waals surface area contributed by atoms with Crippen LogP contribution in [0.5, 0.6) is 0 Å². The number of rotatable bonds is 8. The van der Waals surface area contributed by atoms with E-state index in [1.807, 2.05) is 0 Å². The molecule has 0 aliphatic rings. The molecule has 0 spiro atoms. The minimum atomic E-state index is -3.38. The number of carbonyl (C=O) groups is 1. The number of aliphatic carboxylic acids is 1. The number of sulfonamides is 1. The normalized spacial score (nSPS) is 13.7. The quantitative estimate of drug-likeness (QED) is 0.565. The maximum atomic E-state index is 11.3. The van der Waals surface area contributed by atoms with Crippen molar-refractivity contribution in [2.75, 3.05) is 26.0 Å². The summed E-state index contributed by atoms with van der Waals surface area (Å²) < 4.78 is 29.5. The van der Waals surface area contributed by atoms with Gasteiger partial charge in [-0.25, -0.2) is 13.1 Å². The third-order valence-corrected chi connectivity index (χ3v) is 3.23. The smallest absolute Gasteiger partial charge is 0.307 e. The molecule has 1 atom stereocenters. The molecule has 0 radical (unpaired) electrons. The Labute approximate surface area is 89.7 Å². The van der Waals surface area contributed by atoms with Crippen molar-refractivity contribution >= 4 is 16.0 Å². The molecule has 0 fully saturated rings. The van der Waals surface area contributed by atoms with Crippen molar-refractivity contribution in [3.8, 4) is 0 Å². The van der Waals surface area contributed by atoms with Gasteiger partial charge in [-0.15, -0.1) is 0 Å². The third kappa shape index (κ3) is 7.29. The Hall–Kier alpha value is -0.660. The maximum Gasteiger partial charge on any atom is 0.307 e. The van der Waals surface area contributed by atoms with Crippen LogP contribution in [0.3, 0.4) is 0 Å². The molecule has 0 aliphatic carbocycles. The Balaban J connectivity index is 3.89. The Morgan fingerprint density at radius 3 is 2.60 bits per heavy atom. The van der Waals surface area contributed by atoms with Gasteiger partial charge in [-0.2, -0.15) is 0 Å². The van der Waals surface area contributed by atoms with Gasteiger partial charge < -0.3 is 9.84 Å². The Morgan fingerprint density at radius 2 is 2.13 bits per heavy atom. The molecule has 0 amide bonds. The molecule has 0 bridgehead atoms. The van der Waals surface area contributed by atoms with Crippen LogP contribution in [0, 0.1) is 5.92 Å². The Kier molecular flexibility index (Phi) is 6.46. The van der Waals surface area contributed by atoms with Crippen molar-refractivity contribution in [2.45, 2.75) is 13.3 Å². The van der Waals surface area contributed by atoms with E-state index in [1.165, 1.54) is 14.0 Å². The summed E-state index contributed by atoms with van der Waals surface area (Å²) in [5.74, 6) is -1.79. The first-order valence-electron chi connectivity index (χ1n) is 4.58. The molecule has 0 saturated heterocycles. The molecule has 0 saturated carbocycles. The molecule has 15 heavy (non-hydrogen) atoms. The SMILES string of the molecule is COCCCS(=O)(=O)NCC(C)C(=O)O. The van der Waals surface area contributed by atoms with E-state index < -0.39 is 21.9 Å².